The first-order valence-electron chi connectivity index (χ1n) is 6.60. The summed E-state index contributed by atoms with van der Waals surface area (Å²) < 4.78 is 1.90. The molecular weight excluding hydrogens is 252 g/mol. The Morgan fingerprint density at radius 1 is 1.35 bits per heavy atom. The van der Waals surface area contributed by atoms with Gasteiger partial charge < -0.3 is 14.8 Å². The highest BCUT2D eigenvalue weighted by Gasteiger charge is 2.10. The molecule has 1 N–H and O–H groups in total. The lowest BCUT2D eigenvalue weighted by molar-refractivity contribution is 0.0934. The molecule has 0 aliphatic carbocycles. The quantitative estimate of drug-likeness (QED) is 0.898. The van der Waals surface area contributed by atoms with Crippen molar-refractivity contribution in [1.29, 1.82) is 0 Å². The lowest BCUT2D eigenvalue weighted by atomic mass is 10.2. The zero-order valence-electron chi connectivity index (χ0n) is 12.1. The second kappa shape index (κ2) is 6.34. The number of hydrogen-bond acceptors (Lipinski definition) is 3. The summed E-state index contributed by atoms with van der Waals surface area (Å²) >= 11 is 0. The number of aromatic nitrogens is 2. The fourth-order valence-corrected chi connectivity index (χ4v) is 2.10. The van der Waals surface area contributed by atoms with E-state index in [1.54, 1.807) is 12.5 Å². The first kappa shape index (κ1) is 14.3. The molecule has 1 amide bonds. The van der Waals surface area contributed by atoms with E-state index in [1.807, 2.05) is 60.9 Å². The van der Waals surface area contributed by atoms with E-state index in [0.29, 0.717) is 5.56 Å². The fraction of sp³-hybridized carbons (Fsp3) is 0.333. The molecule has 0 saturated carbocycles. The van der Waals surface area contributed by atoms with Crippen molar-refractivity contribution in [3.63, 3.8) is 0 Å². The molecule has 0 spiro atoms. The van der Waals surface area contributed by atoms with Crippen molar-refractivity contribution in [2.45, 2.75) is 13.0 Å². The Morgan fingerprint density at radius 3 is 2.60 bits per heavy atom. The van der Waals surface area contributed by atoms with E-state index in [0.717, 1.165) is 12.2 Å². The van der Waals surface area contributed by atoms with Crippen molar-refractivity contribution in [1.82, 2.24) is 19.8 Å². The maximum Gasteiger partial charge on any atom is 0.251 e. The zero-order chi connectivity index (χ0) is 14.5. The Balaban J connectivity index is 2.01. The number of amides is 1. The van der Waals surface area contributed by atoms with Gasteiger partial charge >= 0.3 is 0 Å². The number of carbonyl (C=O) groups is 1. The predicted octanol–water partition coefficient (Wildman–Crippen LogP) is 1.55. The van der Waals surface area contributed by atoms with E-state index in [9.17, 15) is 4.79 Å². The van der Waals surface area contributed by atoms with Crippen molar-refractivity contribution in [2.75, 3.05) is 20.6 Å². The molecule has 1 aromatic heterocycles. The van der Waals surface area contributed by atoms with Gasteiger partial charge in [0, 0.05) is 36.2 Å². The minimum absolute atomic E-state index is 0.0449. The number of hydrogen-bond donors (Lipinski definition) is 1. The molecule has 0 fully saturated rings. The molecule has 5 heteroatoms. The van der Waals surface area contributed by atoms with Crippen LogP contribution >= 0.6 is 0 Å². The summed E-state index contributed by atoms with van der Waals surface area (Å²) in [6.45, 7) is 2.82. The number of nitrogens with one attached hydrogen (secondary N) is 1. The molecule has 20 heavy (non-hydrogen) atoms. The number of likely N-dealkylation sites (N-methyl/N-ethyl adjacent to an activating group) is 1. The minimum atomic E-state index is -0.0449. The van der Waals surface area contributed by atoms with Gasteiger partial charge in [0.2, 0.25) is 0 Å². The third-order valence-corrected chi connectivity index (χ3v) is 2.95. The Bertz CT molecular complexity index is 546. The van der Waals surface area contributed by atoms with Gasteiger partial charge in [-0.05, 0) is 45.3 Å². The highest BCUT2D eigenvalue weighted by atomic mass is 16.1. The third-order valence-electron chi connectivity index (χ3n) is 2.95. The SMILES string of the molecule is C[C@@H](CN(C)C)NC(=O)c1ccc(-n2ccnc2)cc1. The third kappa shape index (κ3) is 3.68. The molecule has 0 radical (unpaired) electrons. The van der Waals surface area contributed by atoms with Crippen molar-refractivity contribution in [3.8, 4) is 5.69 Å². The van der Waals surface area contributed by atoms with Gasteiger partial charge in [-0.15, -0.1) is 0 Å². The van der Waals surface area contributed by atoms with Crippen LogP contribution in [0.1, 0.15) is 17.3 Å². The molecule has 0 aliphatic rings. The van der Waals surface area contributed by atoms with Crippen LogP contribution < -0.4 is 5.32 Å². The highest BCUT2D eigenvalue weighted by molar-refractivity contribution is 5.94. The van der Waals surface area contributed by atoms with Crippen LogP contribution in [0.4, 0.5) is 0 Å². The first-order chi connectivity index (χ1) is 9.56. The average Bonchev–Trinajstić information content (AvgIpc) is 2.91. The van der Waals surface area contributed by atoms with Crippen molar-refractivity contribution in [2.24, 2.45) is 0 Å². The van der Waals surface area contributed by atoms with Crippen LogP contribution in [0.25, 0.3) is 5.69 Å². The highest BCUT2D eigenvalue weighted by Crippen LogP contribution is 2.09. The van der Waals surface area contributed by atoms with Gasteiger partial charge in [-0.1, -0.05) is 0 Å². The molecule has 0 aliphatic heterocycles. The number of benzene rings is 1. The molecule has 2 rings (SSSR count). The van der Waals surface area contributed by atoms with E-state index in [1.165, 1.54) is 0 Å². The molecular formula is C15H20N4O. The topological polar surface area (TPSA) is 50.2 Å². The molecule has 2 aromatic rings. The number of rotatable bonds is 5. The zero-order valence-corrected chi connectivity index (χ0v) is 12.1. The summed E-state index contributed by atoms with van der Waals surface area (Å²) in [7, 11) is 3.98. The largest absolute Gasteiger partial charge is 0.348 e. The van der Waals surface area contributed by atoms with Gasteiger partial charge in [-0.3, -0.25) is 4.79 Å². The summed E-state index contributed by atoms with van der Waals surface area (Å²) in [5.74, 6) is -0.0449. The lowest BCUT2D eigenvalue weighted by Crippen LogP contribution is -2.39. The Kier molecular flexibility index (Phi) is 4.53. The molecule has 1 heterocycles. The van der Waals surface area contributed by atoms with E-state index in [-0.39, 0.29) is 11.9 Å². The van der Waals surface area contributed by atoms with Gasteiger partial charge in [0.1, 0.15) is 0 Å². The van der Waals surface area contributed by atoms with Gasteiger partial charge in [0.15, 0.2) is 0 Å². The van der Waals surface area contributed by atoms with Gasteiger partial charge in [0.25, 0.3) is 5.91 Å². The molecule has 1 atom stereocenters. The van der Waals surface area contributed by atoms with Crippen LogP contribution in [-0.4, -0.2) is 47.0 Å². The Labute approximate surface area is 119 Å². The standard InChI is InChI=1S/C15H20N4O/c1-12(10-18(2)3)17-15(20)13-4-6-14(7-5-13)19-9-8-16-11-19/h4-9,11-12H,10H2,1-3H3,(H,17,20)/t12-/m0/s1. The fourth-order valence-electron chi connectivity index (χ4n) is 2.10. The predicted molar refractivity (Wildman–Crippen MR) is 79.0 cm³/mol. The van der Waals surface area contributed by atoms with E-state index < -0.39 is 0 Å². The maximum absolute atomic E-state index is 12.1. The Hall–Kier alpha value is -2.14. The van der Waals surface area contributed by atoms with E-state index in [4.69, 9.17) is 0 Å². The normalized spacial score (nSPS) is 12.4. The smallest absolute Gasteiger partial charge is 0.251 e. The summed E-state index contributed by atoms with van der Waals surface area (Å²) in [5.41, 5.74) is 1.65. The first-order valence-corrected chi connectivity index (χ1v) is 6.60. The molecule has 0 unspecified atom stereocenters. The number of imidazole rings is 1. The van der Waals surface area contributed by atoms with Crippen molar-refractivity contribution < 1.29 is 4.79 Å². The number of nitrogens with zero attached hydrogens (tertiary/aromatic N) is 3. The van der Waals surface area contributed by atoms with Gasteiger partial charge in [-0.25, -0.2) is 4.98 Å². The number of carbonyl (C=O) groups excluding carboxylic acids is 1. The van der Waals surface area contributed by atoms with Crippen LogP contribution in [0.3, 0.4) is 0 Å². The van der Waals surface area contributed by atoms with Crippen LogP contribution in [0.15, 0.2) is 43.0 Å². The van der Waals surface area contributed by atoms with Crippen molar-refractivity contribution >= 4 is 5.91 Å². The summed E-state index contributed by atoms with van der Waals surface area (Å²) in [6.07, 6.45) is 5.33. The van der Waals surface area contributed by atoms with Crippen LogP contribution in [0, 0.1) is 0 Å². The molecule has 1 aromatic carbocycles. The van der Waals surface area contributed by atoms with Gasteiger partial charge in [0.05, 0.1) is 6.33 Å². The second-order valence-corrected chi connectivity index (χ2v) is 5.15. The maximum atomic E-state index is 12.1. The van der Waals surface area contributed by atoms with Gasteiger partial charge in [-0.2, -0.15) is 0 Å². The molecule has 0 saturated heterocycles. The Morgan fingerprint density at radius 2 is 2.05 bits per heavy atom. The summed E-state index contributed by atoms with van der Waals surface area (Å²) in [6, 6.07) is 7.59. The molecule has 5 nitrogen and oxygen atoms in total. The van der Waals surface area contributed by atoms with Crippen molar-refractivity contribution in [3.05, 3.63) is 48.5 Å². The second-order valence-electron chi connectivity index (χ2n) is 5.15. The molecule has 0 bridgehead atoms. The van der Waals surface area contributed by atoms with Crippen LogP contribution in [0.5, 0.6) is 0 Å². The van der Waals surface area contributed by atoms with E-state index >= 15 is 0 Å². The lowest BCUT2D eigenvalue weighted by Gasteiger charge is -2.18. The summed E-state index contributed by atoms with van der Waals surface area (Å²) in [5, 5.41) is 2.98. The monoisotopic (exact) mass is 272 g/mol. The van der Waals surface area contributed by atoms with Crippen LogP contribution in [-0.2, 0) is 0 Å². The minimum Gasteiger partial charge on any atom is -0.348 e. The molecule has 106 valence electrons. The van der Waals surface area contributed by atoms with E-state index in [2.05, 4.69) is 10.3 Å². The average molecular weight is 272 g/mol. The van der Waals surface area contributed by atoms with Crippen LogP contribution in [0.2, 0.25) is 0 Å². The summed E-state index contributed by atoms with van der Waals surface area (Å²) in [4.78, 5) is 18.1.